The summed E-state index contributed by atoms with van der Waals surface area (Å²) in [6, 6.07) is 8.63. The summed E-state index contributed by atoms with van der Waals surface area (Å²) in [4.78, 5) is 1.30. The van der Waals surface area contributed by atoms with Crippen LogP contribution in [0.3, 0.4) is 0 Å². The number of thiophene rings is 1. The number of ether oxygens (including phenoxy) is 1. The summed E-state index contributed by atoms with van der Waals surface area (Å²) in [6.07, 6.45) is 1.01. The Balaban J connectivity index is 2.18. The van der Waals surface area contributed by atoms with E-state index in [1.807, 2.05) is 0 Å². The van der Waals surface area contributed by atoms with Crippen LogP contribution in [-0.2, 0) is 0 Å². The summed E-state index contributed by atoms with van der Waals surface area (Å²) >= 11 is 5.35. The lowest BCUT2D eigenvalue weighted by Crippen LogP contribution is -2.08. The van der Waals surface area contributed by atoms with Gasteiger partial charge in [0.25, 0.3) is 0 Å². The number of rotatable bonds is 6. The summed E-state index contributed by atoms with van der Waals surface area (Å²) in [6.45, 7) is 7.12. The van der Waals surface area contributed by atoms with Gasteiger partial charge in [-0.25, -0.2) is 0 Å². The third-order valence-electron chi connectivity index (χ3n) is 3.01. The fourth-order valence-electron chi connectivity index (χ4n) is 1.99. The second-order valence-electron chi connectivity index (χ2n) is 4.85. The van der Waals surface area contributed by atoms with Gasteiger partial charge in [0.05, 0.1) is 18.3 Å². The largest absolute Gasteiger partial charge is 0.491 e. The molecular formula is C16H20BrNOS. The van der Waals surface area contributed by atoms with Crippen LogP contribution in [-0.4, -0.2) is 6.61 Å². The lowest BCUT2D eigenvalue weighted by Gasteiger charge is -2.18. The maximum absolute atomic E-state index is 5.84. The zero-order valence-electron chi connectivity index (χ0n) is 12.1. The van der Waals surface area contributed by atoms with Gasteiger partial charge in [0.15, 0.2) is 0 Å². The zero-order valence-corrected chi connectivity index (χ0v) is 14.5. The first-order chi connectivity index (χ1) is 9.61. The lowest BCUT2D eigenvalue weighted by molar-refractivity contribution is 0.318. The quantitative estimate of drug-likeness (QED) is 0.710. The van der Waals surface area contributed by atoms with Crippen molar-refractivity contribution in [3.63, 3.8) is 0 Å². The van der Waals surface area contributed by atoms with E-state index in [4.69, 9.17) is 4.74 Å². The van der Waals surface area contributed by atoms with E-state index >= 15 is 0 Å². The number of nitrogens with one attached hydrogen (secondary N) is 1. The average molecular weight is 354 g/mol. The summed E-state index contributed by atoms with van der Waals surface area (Å²) in [5, 5.41) is 5.64. The van der Waals surface area contributed by atoms with E-state index in [0.717, 1.165) is 28.9 Å². The van der Waals surface area contributed by atoms with E-state index in [0.29, 0.717) is 0 Å². The Hall–Kier alpha value is -1.00. The van der Waals surface area contributed by atoms with Crippen molar-refractivity contribution in [2.45, 2.75) is 33.2 Å². The first-order valence-corrected chi connectivity index (χ1v) is 8.52. The number of halogens is 1. The number of hydrogen-bond donors (Lipinski definition) is 1. The smallest absolute Gasteiger partial charge is 0.142 e. The number of anilines is 1. The van der Waals surface area contributed by atoms with Crippen molar-refractivity contribution < 1.29 is 4.74 Å². The fraction of sp³-hybridized carbons (Fsp3) is 0.375. The molecule has 4 heteroatoms. The van der Waals surface area contributed by atoms with Crippen molar-refractivity contribution in [3.8, 4) is 5.75 Å². The van der Waals surface area contributed by atoms with E-state index in [1.165, 1.54) is 10.4 Å². The molecule has 1 N–H and O–H groups in total. The highest BCUT2D eigenvalue weighted by Gasteiger charge is 2.13. The summed E-state index contributed by atoms with van der Waals surface area (Å²) in [7, 11) is 0. The minimum absolute atomic E-state index is 0.246. The predicted molar refractivity (Wildman–Crippen MR) is 91.0 cm³/mol. The molecule has 1 unspecified atom stereocenters. The van der Waals surface area contributed by atoms with Crippen molar-refractivity contribution in [1.29, 1.82) is 0 Å². The third-order valence-corrected chi connectivity index (χ3v) is 5.06. The molecule has 0 radical (unpaired) electrons. The van der Waals surface area contributed by atoms with Gasteiger partial charge in [0, 0.05) is 9.35 Å². The second-order valence-corrected chi connectivity index (χ2v) is 6.65. The molecule has 1 atom stereocenters. The van der Waals surface area contributed by atoms with Crippen molar-refractivity contribution >= 4 is 33.0 Å². The monoisotopic (exact) mass is 353 g/mol. The summed E-state index contributed by atoms with van der Waals surface area (Å²) < 4.78 is 7.00. The van der Waals surface area contributed by atoms with Gasteiger partial charge in [-0.3, -0.25) is 0 Å². The van der Waals surface area contributed by atoms with Crippen LogP contribution in [0.25, 0.3) is 0 Å². The van der Waals surface area contributed by atoms with Crippen molar-refractivity contribution in [1.82, 2.24) is 0 Å². The van der Waals surface area contributed by atoms with Crippen LogP contribution in [0, 0.1) is 6.92 Å². The highest BCUT2D eigenvalue weighted by molar-refractivity contribution is 9.10. The molecule has 2 aromatic rings. The molecule has 0 saturated carbocycles. The van der Waals surface area contributed by atoms with Gasteiger partial charge in [0.2, 0.25) is 0 Å². The van der Waals surface area contributed by atoms with Crippen LogP contribution in [0.5, 0.6) is 5.75 Å². The Morgan fingerprint density at radius 3 is 2.80 bits per heavy atom. The molecule has 108 valence electrons. The van der Waals surface area contributed by atoms with Gasteiger partial charge < -0.3 is 10.1 Å². The Labute approximate surface area is 133 Å². The Kier molecular flexibility index (Phi) is 5.49. The van der Waals surface area contributed by atoms with Gasteiger partial charge in [-0.2, -0.15) is 0 Å². The standard InChI is InChI=1S/C16H20BrNOS/c1-4-8-19-15-10-11(2)5-6-14(15)18-12(3)16-13(17)7-9-20-16/h5-7,9-10,12,18H,4,8H2,1-3H3. The van der Waals surface area contributed by atoms with Gasteiger partial charge in [-0.15, -0.1) is 11.3 Å². The molecule has 0 aliphatic heterocycles. The van der Waals surface area contributed by atoms with Crippen LogP contribution < -0.4 is 10.1 Å². The van der Waals surface area contributed by atoms with E-state index < -0.39 is 0 Å². The molecule has 0 saturated heterocycles. The molecule has 2 rings (SSSR count). The maximum Gasteiger partial charge on any atom is 0.142 e. The highest BCUT2D eigenvalue weighted by atomic mass is 79.9. The second kappa shape index (κ2) is 7.14. The average Bonchev–Trinajstić information content (AvgIpc) is 2.85. The molecule has 0 aliphatic rings. The molecule has 0 aliphatic carbocycles. The first kappa shape index (κ1) is 15.4. The van der Waals surface area contributed by atoms with E-state index in [-0.39, 0.29) is 6.04 Å². The SMILES string of the molecule is CCCOc1cc(C)ccc1NC(C)c1sccc1Br. The molecule has 1 aromatic heterocycles. The van der Waals surface area contributed by atoms with E-state index in [2.05, 4.69) is 71.7 Å². The lowest BCUT2D eigenvalue weighted by atomic mass is 10.2. The van der Waals surface area contributed by atoms with Crippen molar-refractivity contribution in [2.24, 2.45) is 0 Å². The van der Waals surface area contributed by atoms with Crippen LogP contribution in [0.15, 0.2) is 34.1 Å². The van der Waals surface area contributed by atoms with Crippen LogP contribution in [0.1, 0.15) is 36.8 Å². The Morgan fingerprint density at radius 1 is 1.35 bits per heavy atom. The van der Waals surface area contributed by atoms with Crippen LogP contribution in [0.2, 0.25) is 0 Å². The molecule has 0 fully saturated rings. The van der Waals surface area contributed by atoms with Crippen LogP contribution in [0.4, 0.5) is 5.69 Å². The minimum Gasteiger partial charge on any atom is -0.491 e. The predicted octanol–water partition coefficient (Wildman–Crippen LogP) is 5.78. The van der Waals surface area contributed by atoms with Gasteiger partial charge in [-0.1, -0.05) is 13.0 Å². The minimum atomic E-state index is 0.246. The van der Waals surface area contributed by atoms with E-state index in [9.17, 15) is 0 Å². The molecule has 20 heavy (non-hydrogen) atoms. The summed E-state index contributed by atoms with van der Waals surface area (Å²) in [5.74, 6) is 0.936. The molecule has 2 nitrogen and oxygen atoms in total. The highest BCUT2D eigenvalue weighted by Crippen LogP contribution is 2.34. The van der Waals surface area contributed by atoms with Crippen molar-refractivity contribution in [3.05, 3.63) is 44.6 Å². The Morgan fingerprint density at radius 2 is 2.15 bits per heavy atom. The summed E-state index contributed by atoms with van der Waals surface area (Å²) in [5.41, 5.74) is 2.27. The Bertz CT molecular complexity index is 567. The number of aryl methyl sites for hydroxylation is 1. The number of benzene rings is 1. The van der Waals surface area contributed by atoms with Crippen molar-refractivity contribution in [2.75, 3.05) is 11.9 Å². The molecule has 0 bridgehead atoms. The molecule has 0 spiro atoms. The normalized spacial score (nSPS) is 12.2. The first-order valence-electron chi connectivity index (χ1n) is 6.84. The van der Waals surface area contributed by atoms with Gasteiger partial charge in [-0.05, 0) is 65.3 Å². The maximum atomic E-state index is 5.84. The molecule has 1 aromatic carbocycles. The molecule has 0 amide bonds. The third kappa shape index (κ3) is 3.76. The molecule has 1 heterocycles. The molecular weight excluding hydrogens is 334 g/mol. The van der Waals surface area contributed by atoms with Gasteiger partial charge >= 0.3 is 0 Å². The van der Waals surface area contributed by atoms with Crippen LogP contribution >= 0.6 is 27.3 Å². The fourth-order valence-corrected chi connectivity index (χ4v) is 3.72. The number of hydrogen-bond acceptors (Lipinski definition) is 3. The zero-order chi connectivity index (χ0) is 14.5. The van der Waals surface area contributed by atoms with E-state index in [1.54, 1.807) is 11.3 Å². The topological polar surface area (TPSA) is 21.3 Å². The van der Waals surface area contributed by atoms with Gasteiger partial charge in [0.1, 0.15) is 5.75 Å².